The number of aliphatic carboxylic acids is 1. The molecule has 0 aliphatic carbocycles. The highest BCUT2D eigenvalue weighted by Crippen LogP contribution is 2.21. The Balaban J connectivity index is 2.95. The Morgan fingerprint density at radius 3 is 2.71 bits per heavy atom. The molecule has 5 nitrogen and oxygen atoms in total. The summed E-state index contributed by atoms with van der Waals surface area (Å²) in [6.07, 6.45) is -0.408. The van der Waals surface area contributed by atoms with E-state index in [-0.39, 0.29) is 11.3 Å². The van der Waals surface area contributed by atoms with E-state index in [4.69, 9.17) is 15.6 Å². The molecule has 0 fully saturated rings. The lowest BCUT2D eigenvalue weighted by Gasteiger charge is -2.09. The van der Waals surface area contributed by atoms with Crippen LogP contribution in [0.3, 0.4) is 0 Å². The SMILES string of the molecule is COc1ccc(F)cc1C(=O)CC(N)C(=O)O. The summed E-state index contributed by atoms with van der Waals surface area (Å²) in [6, 6.07) is 2.13. The monoisotopic (exact) mass is 241 g/mol. The van der Waals surface area contributed by atoms with Crippen molar-refractivity contribution in [1.82, 2.24) is 0 Å². The minimum atomic E-state index is -1.31. The van der Waals surface area contributed by atoms with Gasteiger partial charge >= 0.3 is 5.97 Å². The number of nitrogens with two attached hydrogens (primary N) is 1. The van der Waals surface area contributed by atoms with E-state index in [0.717, 1.165) is 12.1 Å². The van der Waals surface area contributed by atoms with E-state index in [0.29, 0.717) is 0 Å². The zero-order chi connectivity index (χ0) is 13.0. The molecule has 0 amide bonds. The molecule has 0 aromatic heterocycles. The largest absolute Gasteiger partial charge is 0.496 e. The third-order valence-electron chi connectivity index (χ3n) is 2.18. The topological polar surface area (TPSA) is 89.6 Å². The maximum Gasteiger partial charge on any atom is 0.320 e. The fourth-order valence-electron chi connectivity index (χ4n) is 1.30. The molecule has 1 aromatic rings. The first-order valence-corrected chi connectivity index (χ1v) is 4.81. The van der Waals surface area contributed by atoms with Gasteiger partial charge in [0.15, 0.2) is 5.78 Å². The fourth-order valence-corrected chi connectivity index (χ4v) is 1.30. The van der Waals surface area contributed by atoms with Gasteiger partial charge in [-0.15, -0.1) is 0 Å². The lowest BCUT2D eigenvalue weighted by atomic mass is 10.0. The van der Waals surface area contributed by atoms with Crippen molar-refractivity contribution in [2.45, 2.75) is 12.5 Å². The average molecular weight is 241 g/mol. The molecular weight excluding hydrogens is 229 g/mol. The zero-order valence-corrected chi connectivity index (χ0v) is 9.14. The molecule has 0 aliphatic rings. The van der Waals surface area contributed by atoms with E-state index < -0.39 is 30.0 Å². The maximum absolute atomic E-state index is 13.0. The summed E-state index contributed by atoms with van der Waals surface area (Å²) in [5.74, 6) is -2.27. The number of rotatable bonds is 5. The smallest absolute Gasteiger partial charge is 0.320 e. The number of hydrogen-bond donors (Lipinski definition) is 2. The predicted molar refractivity (Wildman–Crippen MR) is 57.5 cm³/mol. The van der Waals surface area contributed by atoms with Crippen molar-refractivity contribution < 1.29 is 23.8 Å². The number of ketones is 1. The number of ether oxygens (including phenoxy) is 1. The van der Waals surface area contributed by atoms with Crippen LogP contribution in [-0.4, -0.2) is 30.0 Å². The molecule has 1 rings (SSSR count). The molecule has 6 heteroatoms. The second-order valence-electron chi connectivity index (χ2n) is 3.42. The zero-order valence-electron chi connectivity index (χ0n) is 9.14. The number of hydrogen-bond acceptors (Lipinski definition) is 4. The van der Waals surface area contributed by atoms with Crippen LogP contribution in [-0.2, 0) is 4.79 Å². The van der Waals surface area contributed by atoms with Crippen molar-refractivity contribution in [2.75, 3.05) is 7.11 Å². The number of carboxylic acids is 1. The number of Topliss-reactive ketones (excluding diaryl/α,β-unsaturated/α-hetero) is 1. The number of halogens is 1. The Hall–Kier alpha value is -1.95. The van der Waals surface area contributed by atoms with Crippen LogP contribution in [0.25, 0.3) is 0 Å². The second kappa shape index (κ2) is 5.40. The number of benzene rings is 1. The molecule has 1 aromatic carbocycles. The summed E-state index contributed by atoms with van der Waals surface area (Å²) in [5.41, 5.74) is 5.22. The summed E-state index contributed by atoms with van der Waals surface area (Å²) in [4.78, 5) is 22.2. The highest BCUT2D eigenvalue weighted by molar-refractivity contribution is 6.00. The Labute approximate surface area is 97.0 Å². The first-order chi connectivity index (χ1) is 7.95. The minimum absolute atomic E-state index is 0.01000. The van der Waals surface area contributed by atoms with Gasteiger partial charge in [0, 0.05) is 6.42 Å². The first kappa shape index (κ1) is 13.1. The molecule has 0 heterocycles. The molecule has 0 bridgehead atoms. The van der Waals surface area contributed by atoms with Gasteiger partial charge in [-0.05, 0) is 18.2 Å². The molecule has 17 heavy (non-hydrogen) atoms. The Bertz CT molecular complexity index is 447. The van der Waals surface area contributed by atoms with Gasteiger partial charge in [-0.1, -0.05) is 0 Å². The highest BCUT2D eigenvalue weighted by Gasteiger charge is 2.20. The van der Waals surface area contributed by atoms with Crippen molar-refractivity contribution in [3.8, 4) is 5.75 Å². The predicted octanol–water partition coefficient (Wildman–Crippen LogP) is 0.819. The number of carbonyl (C=O) groups excluding carboxylic acids is 1. The third kappa shape index (κ3) is 3.25. The highest BCUT2D eigenvalue weighted by atomic mass is 19.1. The summed E-state index contributed by atoms with van der Waals surface area (Å²) in [7, 11) is 1.33. The third-order valence-corrected chi connectivity index (χ3v) is 2.18. The molecule has 92 valence electrons. The summed E-state index contributed by atoms with van der Waals surface area (Å²) < 4.78 is 17.9. The van der Waals surface area contributed by atoms with Gasteiger partial charge in [0.25, 0.3) is 0 Å². The van der Waals surface area contributed by atoms with Crippen molar-refractivity contribution >= 4 is 11.8 Å². The molecule has 1 atom stereocenters. The van der Waals surface area contributed by atoms with Gasteiger partial charge in [0.05, 0.1) is 12.7 Å². The van der Waals surface area contributed by atoms with Crippen LogP contribution in [0.1, 0.15) is 16.8 Å². The molecule has 0 aliphatic heterocycles. The summed E-state index contributed by atoms with van der Waals surface area (Å²) in [5, 5.41) is 8.58. The van der Waals surface area contributed by atoms with E-state index in [2.05, 4.69) is 0 Å². The second-order valence-corrected chi connectivity index (χ2v) is 3.42. The van der Waals surface area contributed by atoms with Crippen molar-refractivity contribution in [2.24, 2.45) is 5.73 Å². The molecule has 1 unspecified atom stereocenters. The van der Waals surface area contributed by atoms with Crippen LogP contribution >= 0.6 is 0 Å². The van der Waals surface area contributed by atoms with Crippen LogP contribution in [0.2, 0.25) is 0 Å². The van der Waals surface area contributed by atoms with E-state index in [1.807, 2.05) is 0 Å². The van der Waals surface area contributed by atoms with Crippen molar-refractivity contribution in [1.29, 1.82) is 0 Å². The van der Waals surface area contributed by atoms with Crippen LogP contribution in [0, 0.1) is 5.82 Å². The van der Waals surface area contributed by atoms with Gasteiger partial charge in [0.2, 0.25) is 0 Å². The van der Waals surface area contributed by atoms with Gasteiger partial charge in [-0.2, -0.15) is 0 Å². The number of carboxylic acid groups (broad SMARTS) is 1. The summed E-state index contributed by atoms with van der Waals surface area (Å²) in [6.45, 7) is 0. The molecule has 3 N–H and O–H groups in total. The molecule has 0 radical (unpaired) electrons. The minimum Gasteiger partial charge on any atom is -0.496 e. The van der Waals surface area contributed by atoms with Crippen LogP contribution in [0.15, 0.2) is 18.2 Å². The number of methoxy groups -OCH3 is 1. The average Bonchev–Trinajstić information content (AvgIpc) is 2.28. The van der Waals surface area contributed by atoms with Crippen LogP contribution in [0.5, 0.6) is 5.75 Å². The normalized spacial score (nSPS) is 11.9. The Morgan fingerprint density at radius 1 is 1.53 bits per heavy atom. The molecular formula is C11H12FNO4. The maximum atomic E-state index is 13.0. The van der Waals surface area contributed by atoms with Crippen LogP contribution in [0.4, 0.5) is 4.39 Å². The fraction of sp³-hybridized carbons (Fsp3) is 0.273. The quantitative estimate of drug-likeness (QED) is 0.745. The van der Waals surface area contributed by atoms with E-state index >= 15 is 0 Å². The molecule has 0 spiro atoms. The molecule has 0 saturated carbocycles. The van der Waals surface area contributed by atoms with Crippen molar-refractivity contribution in [3.05, 3.63) is 29.6 Å². The van der Waals surface area contributed by atoms with Gasteiger partial charge in [0.1, 0.15) is 17.6 Å². The molecule has 0 saturated heterocycles. The first-order valence-electron chi connectivity index (χ1n) is 4.81. The Morgan fingerprint density at radius 2 is 2.18 bits per heavy atom. The van der Waals surface area contributed by atoms with Crippen molar-refractivity contribution in [3.63, 3.8) is 0 Å². The van der Waals surface area contributed by atoms with E-state index in [1.165, 1.54) is 13.2 Å². The Kier molecular flexibility index (Phi) is 4.17. The lowest BCUT2D eigenvalue weighted by Crippen LogP contribution is -2.32. The summed E-state index contributed by atoms with van der Waals surface area (Å²) >= 11 is 0. The standard InChI is InChI=1S/C11H12FNO4/c1-17-10-3-2-6(12)4-7(10)9(14)5-8(13)11(15)16/h2-4,8H,5,13H2,1H3,(H,15,16). The lowest BCUT2D eigenvalue weighted by molar-refractivity contribution is -0.138. The van der Waals surface area contributed by atoms with E-state index in [9.17, 15) is 14.0 Å². The van der Waals surface area contributed by atoms with Crippen LogP contribution < -0.4 is 10.5 Å². The van der Waals surface area contributed by atoms with Gasteiger partial charge < -0.3 is 15.6 Å². The van der Waals surface area contributed by atoms with Gasteiger partial charge in [-0.25, -0.2) is 4.39 Å². The van der Waals surface area contributed by atoms with E-state index in [1.54, 1.807) is 0 Å². The number of carbonyl (C=O) groups is 2. The van der Waals surface area contributed by atoms with Gasteiger partial charge in [-0.3, -0.25) is 9.59 Å².